The van der Waals surface area contributed by atoms with E-state index in [0.717, 1.165) is 36.3 Å². The van der Waals surface area contributed by atoms with Gasteiger partial charge in [0, 0.05) is 12.1 Å². The maximum Gasteiger partial charge on any atom is 0.338 e. The number of ether oxygens (including phenoxy) is 2. The van der Waals surface area contributed by atoms with Crippen LogP contribution < -0.4 is 10.1 Å². The molecule has 6 nitrogen and oxygen atoms in total. The highest BCUT2D eigenvalue weighted by Gasteiger charge is 2.15. The van der Waals surface area contributed by atoms with E-state index >= 15 is 0 Å². The van der Waals surface area contributed by atoms with Gasteiger partial charge >= 0.3 is 5.97 Å². The number of carbonyl (C=O) groups is 2. The smallest absolute Gasteiger partial charge is 0.338 e. The molecule has 2 N–H and O–H groups in total. The summed E-state index contributed by atoms with van der Waals surface area (Å²) < 4.78 is 10.6. The Balaban J connectivity index is 1.81. The number of esters is 1. The molecule has 0 fully saturated rings. The highest BCUT2D eigenvalue weighted by Crippen LogP contribution is 2.19. The number of aliphatic hydroxyl groups excluding tert-OH is 1. The minimum Gasteiger partial charge on any atom is -0.494 e. The first-order chi connectivity index (χ1) is 15.0. The van der Waals surface area contributed by atoms with E-state index in [1.165, 1.54) is 6.92 Å². The lowest BCUT2D eigenvalue weighted by molar-refractivity contribution is 0.0525. The third-order valence-electron chi connectivity index (χ3n) is 4.95. The van der Waals surface area contributed by atoms with Gasteiger partial charge in [0.1, 0.15) is 5.75 Å². The van der Waals surface area contributed by atoms with E-state index in [4.69, 9.17) is 9.47 Å². The lowest BCUT2D eigenvalue weighted by Crippen LogP contribution is -2.22. The number of benzene rings is 2. The van der Waals surface area contributed by atoms with Crippen molar-refractivity contribution in [1.29, 1.82) is 0 Å². The van der Waals surface area contributed by atoms with Crippen molar-refractivity contribution in [3.63, 3.8) is 0 Å². The zero-order valence-electron chi connectivity index (χ0n) is 18.6. The van der Waals surface area contributed by atoms with Crippen LogP contribution in [0.3, 0.4) is 0 Å². The molecule has 0 spiro atoms. The summed E-state index contributed by atoms with van der Waals surface area (Å²) in [5.74, 6) is 0.287. The summed E-state index contributed by atoms with van der Waals surface area (Å²) in [5.41, 5.74) is 2.68. The molecular weight excluding hydrogens is 394 g/mol. The van der Waals surface area contributed by atoms with Gasteiger partial charge in [-0.15, -0.1) is 0 Å². The number of hydrogen-bond donors (Lipinski definition) is 2. The molecule has 2 rings (SSSR count). The summed E-state index contributed by atoms with van der Waals surface area (Å²) in [6.07, 6.45) is 1.87. The summed E-state index contributed by atoms with van der Waals surface area (Å²) in [4.78, 5) is 23.9. The molecule has 1 unspecified atom stereocenters. The number of Topliss-reactive ketones (excluding diaryl/α,β-unsaturated/α-hetero) is 1. The first kappa shape index (κ1) is 24.6. The van der Waals surface area contributed by atoms with Gasteiger partial charge in [-0.1, -0.05) is 24.3 Å². The minimum atomic E-state index is -0.602. The number of carbonyl (C=O) groups excluding carboxylic acids is 2. The Morgan fingerprint density at radius 3 is 2.58 bits per heavy atom. The van der Waals surface area contributed by atoms with Crippen LogP contribution >= 0.6 is 0 Å². The second-order valence-corrected chi connectivity index (χ2v) is 7.33. The lowest BCUT2D eigenvalue weighted by Gasteiger charge is -2.14. The molecule has 1 atom stereocenters. The quantitative estimate of drug-likeness (QED) is 0.284. The number of ketones is 1. The van der Waals surface area contributed by atoms with Crippen molar-refractivity contribution < 1.29 is 24.2 Å². The first-order valence-electron chi connectivity index (χ1n) is 10.9. The van der Waals surface area contributed by atoms with E-state index in [1.807, 2.05) is 37.3 Å². The van der Waals surface area contributed by atoms with Gasteiger partial charge in [-0.2, -0.15) is 0 Å². The monoisotopic (exact) mass is 427 g/mol. The van der Waals surface area contributed by atoms with Crippen LogP contribution in [0.4, 0.5) is 0 Å². The largest absolute Gasteiger partial charge is 0.494 e. The molecule has 0 heterocycles. The Labute approximate surface area is 184 Å². The molecule has 0 aromatic heterocycles. The Bertz CT molecular complexity index is 865. The highest BCUT2D eigenvalue weighted by atomic mass is 16.5. The van der Waals surface area contributed by atoms with E-state index in [9.17, 15) is 14.7 Å². The summed E-state index contributed by atoms with van der Waals surface area (Å²) >= 11 is 0. The molecule has 6 heteroatoms. The normalized spacial score (nSPS) is 11.7. The van der Waals surface area contributed by atoms with Crippen LogP contribution in [0.1, 0.15) is 71.6 Å². The van der Waals surface area contributed by atoms with Gasteiger partial charge in [-0.25, -0.2) is 4.79 Å². The summed E-state index contributed by atoms with van der Waals surface area (Å²) in [5, 5.41) is 13.6. The molecule has 0 saturated carbocycles. The Kier molecular flexibility index (Phi) is 10.2. The maximum atomic E-state index is 12.3. The average molecular weight is 428 g/mol. The van der Waals surface area contributed by atoms with Crippen molar-refractivity contribution in [2.75, 3.05) is 26.3 Å². The van der Waals surface area contributed by atoms with Crippen molar-refractivity contribution in [3.8, 4) is 5.75 Å². The van der Waals surface area contributed by atoms with Crippen molar-refractivity contribution in [2.45, 2.75) is 46.1 Å². The molecule has 168 valence electrons. The van der Waals surface area contributed by atoms with Gasteiger partial charge < -0.3 is 19.9 Å². The number of aliphatic hydroxyl groups is 1. The number of aryl methyl sites for hydroxylation is 1. The van der Waals surface area contributed by atoms with Crippen LogP contribution in [0.25, 0.3) is 0 Å². The van der Waals surface area contributed by atoms with Crippen LogP contribution in [0.2, 0.25) is 0 Å². The topological polar surface area (TPSA) is 84.9 Å². The maximum absolute atomic E-state index is 12.3. The zero-order chi connectivity index (χ0) is 22.6. The highest BCUT2D eigenvalue weighted by molar-refractivity contribution is 5.98. The average Bonchev–Trinajstić information content (AvgIpc) is 2.76. The molecule has 31 heavy (non-hydrogen) atoms. The Hall–Kier alpha value is -2.70. The molecule has 0 radical (unpaired) electrons. The fraction of sp³-hybridized carbons (Fsp3) is 0.440. The molecule has 2 aromatic carbocycles. The van der Waals surface area contributed by atoms with Gasteiger partial charge in [0.05, 0.1) is 24.9 Å². The third-order valence-corrected chi connectivity index (χ3v) is 4.95. The van der Waals surface area contributed by atoms with Crippen molar-refractivity contribution in [2.24, 2.45) is 0 Å². The standard InChI is InChI=1S/C25H33NO5/c1-4-30-22-11-8-10-21(15-22)24(28)17-26-14-7-6-9-19-12-13-20(18(3)27)16-23(19)25(29)31-5-2/h8,10-13,15-16,24,26,28H,4-7,9,14,17H2,1-3H3. The molecule has 0 saturated heterocycles. The molecule has 0 aliphatic carbocycles. The van der Waals surface area contributed by atoms with Crippen LogP contribution in [-0.4, -0.2) is 43.2 Å². The van der Waals surface area contributed by atoms with Gasteiger partial charge in [-0.3, -0.25) is 4.79 Å². The van der Waals surface area contributed by atoms with Gasteiger partial charge in [0.2, 0.25) is 0 Å². The number of nitrogens with one attached hydrogen (secondary N) is 1. The van der Waals surface area contributed by atoms with Gasteiger partial charge in [0.15, 0.2) is 5.78 Å². The predicted octanol–water partition coefficient (Wildman–Crippen LogP) is 4.11. The number of rotatable bonds is 13. The first-order valence-corrected chi connectivity index (χ1v) is 10.9. The van der Waals surface area contributed by atoms with Crippen molar-refractivity contribution in [3.05, 3.63) is 64.7 Å². The number of unbranched alkanes of at least 4 members (excludes halogenated alkanes) is 1. The molecular formula is C25H33NO5. The second kappa shape index (κ2) is 12.9. The van der Waals surface area contributed by atoms with Crippen LogP contribution in [0.5, 0.6) is 5.75 Å². The molecule has 0 aliphatic rings. The summed E-state index contributed by atoms with van der Waals surface area (Å²) in [7, 11) is 0. The van der Waals surface area contributed by atoms with Gasteiger partial charge in [-0.05, 0) is 75.9 Å². The van der Waals surface area contributed by atoms with Gasteiger partial charge in [0.25, 0.3) is 0 Å². The molecule has 0 aliphatic heterocycles. The third kappa shape index (κ3) is 7.81. The van der Waals surface area contributed by atoms with Crippen molar-refractivity contribution >= 4 is 11.8 Å². The SMILES string of the molecule is CCOC(=O)c1cc(C(C)=O)ccc1CCCCNCC(O)c1cccc(OCC)c1. The van der Waals surface area contributed by atoms with E-state index in [0.29, 0.717) is 37.3 Å². The summed E-state index contributed by atoms with van der Waals surface area (Å²) in [6, 6.07) is 12.7. The second-order valence-electron chi connectivity index (χ2n) is 7.33. The van der Waals surface area contributed by atoms with Crippen molar-refractivity contribution in [1.82, 2.24) is 5.32 Å². The zero-order valence-corrected chi connectivity index (χ0v) is 18.6. The number of hydrogen-bond acceptors (Lipinski definition) is 6. The summed E-state index contributed by atoms with van der Waals surface area (Å²) in [6.45, 7) is 7.27. The lowest BCUT2D eigenvalue weighted by atomic mass is 9.98. The molecule has 0 bridgehead atoms. The molecule has 2 aromatic rings. The van der Waals surface area contributed by atoms with E-state index in [2.05, 4.69) is 5.32 Å². The van der Waals surface area contributed by atoms with E-state index < -0.39 is 12.1 Å². The molecule has 0 amide bonds. The Morgan fingerprint density at radius 2 is 1.87 bits per heavy atom. The fourth-order valence-electron chi connectivity index (χ4n) is 3.31. The van der Waals surface area contributed by atoms with E-state index in [-0.39, 0.29) is 5.78 Å². The minimum absolute atomic E-state index is 0.0772. The van der Waals surface area contributed by atoms with Crippen LogP contribution in [0.15, 0.2) is 42.5 Å². The Morgan fingerprint density at radius 1 is 1.06 bits per heavy atom. The fourth-order valence-corrected chi connectivity index (χ4v) is 3.31. The predicted molar refractivity (Wildman–Crippen MR) is 121 cm³/mol. The van der Waals surface area contributed by atoms with E-state index in [1.54, 1.807) is 19.1 Å². The van der Waals surface area contributed by atoms with Crippen LogP contribution in [0, 0.1) is 0 Å². The van der Waals surface area contributed by atoms with Crippen LogP contribution in [-0.2, 0) is 11.2 Å².